The lowest BCUT2D eigenvalue weighted by Crippen LogP contribution is -2.14. The number of hydrogen-bond acceptors (Lipinski definition) is 3. The summed E-state index contributed by atoms with van der Waals surface area (Å²) in [6.07, 6.45) is 11.1. The molecule has 0 radical (unpaired) electrons. The molecule has 1 saturated carbocycles. The summed E-state index contributed by atoms with van der Waals surface area (Å²) in [5.41, 5.74) is 2.19. The second-order valence-corrected chi connectivity index (χ2v) is 7.43. The molecule has 2 fully saturated rings. The van der Waals surface area contributed by atoms with Crippen LogP contribution in [0.3, 0.4) is 0 Å². The van der Waals surface area contributed by atoms with Crippen molar-refractivity contribution in [3.63, 3.8) is 0 Å². The lowest BCUT2D eigenvalue weighted by Gasteiger charge is -2.17. The fraction of sp³-hybridized carbons (Fsp3) is 0.625. The van der Waals surface area contributed by atoms with Gasteiger partial charge in [-0.05, 0) is 43.6 Å². The highest BCUT2D eigenvalue weighted by atomic mass is 32.2. The summed E-state index contributed by atoms with van der Waals surface area (Å²) in [5.74, 6) is 2.61. The lowest BCUT2D eigenvalue weighted by molar-refractivity contribution is 0.504. The third kappa shape index (κ3) is 2.24. The van der Waals surface area contributed by atoms with Crippen LogP contribution >= 0.6 is 11.8 Å². The molecule has 1 aliphatic carbocycles. The molecule has 1 aliphatic heterocycles. The van der Waals surface area contributed by atoms with Gasteiger partial charge in [0.05, 0.1) is 0 Å². The van der Waals surface area contributed by atoms with Gasteiger partial charge >= 0.3 is 0 Å². The number of rotatable bonds is 3. The molecule has 0 bridgehead atoms. The van der Waals surface area contributed by atoms with Crippen molar-refractivity contribution in [2.45, 2.75) is 56.2 Å². The summed E-state index contributed by atoms with van der Waals surface area (Å²) in [7, 11) is 0. The summed E-state index contributed by atoms with van der Waals surface area (Å²) in [4.78, 5) is 9.52. The molecule has 0 N–H and O–H groups in total. The van der Waals surface area contributed by atoms with E-state index in [-0.39, 0.29) is 0 Å². The number of nitrogens with zero attached hydrogens (tertiary/aromatic N) is 3. The minimum Gasteiger partial charge on any atom is -0.310 e. The molecule has 3 nitrogen and oxygen atoms in total. The Morgan fingerprint density at radius 2 is 2.10 bits per heavy atom. The van der Waals surface area contributed by atoms with Gasteiger partial charge in [-0.15, -0.1) is 0 Å². The molecule has 0 spiro atoms. The van der Waals surface area contributed by atoms with Crippen LogP contribution in [0.5, 0.6) is 0 Å². The maximum absolute atomic E-state index is 4.91. The molecule has 1 saturated heterocycles. The van der Waals surface area contributed by atoms with Gasteiger partial charge in [-0.2, -0.15) is 11.8 Å². The molecule has 0 amide bonds. The molecular weight excluding hydrogens is 266 g/mol. The van der Waals surface area contributed by atoms with E-state index in [0.29, 0.717) is 6.04 Å². The zero-order valence-corrected chi connectivity index (χ0v) is 12.6. The number of thioether (sulfide) groups is 1. The molecule has 0 aromatic carbocycles. The Bertz CT molecular complexity index is 595. The Morgan fingerprint density at radius 3 is 2.90 bits per heavy atom. The minimum atomic E-state index is 0.635. The lowest BCUT2D eigenvalue weighted by atomic mass is 10.2. The third-order valence-corrected chi connectivity index (χ3v) is 6.04. The van der Waals surface area contributed by atoms with Crippen LogP contribution in [0.2, 0.25) is 0 Å². The minimum absolute atomic E-state index is 0.635. The largest absolute Gasteiger partial charge is 0.310 e. The molecule has 2 aromatic heterocycles. The fourth-order valence-electron chi connectivity index (χ4n) is 3.68. The van der Waals surface area contributed by atoms with Crippen LogP contribution < -0.4 is 0 Å². The van der Waals surface area contributed by atoms with Gasteiger partial charge in [-0.1, -0.05) is 12.8 Å². The number of aromatic nitrogens is 3. The van der Waals surface area contributed by atoms with Gasteiger partial charge < -0.3 is 4.57 Å². The van der Waals surface area contributed by atoms with Crippen LogP contribution in [0, 0.1) is 0 Å². The van der Waals surface area contributed by atoms with Gasteiger partial charge in [0.25, 0.3) is 0 Å². The highest BCUT2D eigenvalue weighted by Crippen LogP contribution is 2.35. The highest BCUT2D eigenvalue weighted by molar-refractivity contribution is 8.00. The van der Waals surface area contributed by atoms with Gasteiger partial charge in [0.15, 0.2) is 5.65 Å². The van der Waals surface area contributed by atoms with Crippen LogP contribution in [0.1, 0.15) is 50.4 Å². The molecule has 2 aromatic rings. The van der Waals surface area contributed by atoms with Gasteiger partial charge in [0, 0.05) is 23.9 Å². The van der Waals surface area contributed by atoms with Crippen molar-refractivity contribution in [2.75, 3.05) is 5.75 Å². The molecular formula is C16H21N3S. The Balaban J connectivity index is 1.74. The van der Waals surface area contributed by atoms with E-state index >= 15 is 0 Å². The summed E-state index contributed by atoms with van der Waals surface area (Å²) < 4.78 is 2.47. The average molecular weight is 287 g/mol. The first-order valence-corrected chi connectivity index (χ1v) is 8.90. The third-order valence-electron chi connectivity index (χ3n) is 4.65. The van der Waals surface area contributed by atoms with Crippen LogP contribution in [0.4, 0.5) is 0 Å². The van der Waals surface area contributed by atoms with E-state index in [1.807, 2.05) is 12.3 Å². The Kier molecular flexibility index (Phi) is 3.42. The quantitative estimate of drug-likeness (QED) is 0.855. The summed E-state index contributed by atoms with van der Waals surface area (Å²) in [5, 5.41) is 0.770. The summed E-state index contributed by atoms with van der Waals surface area (Å²) >= 11 is 2.12. The van der Waals surface area contributed by atoms with Crippen LogP contribution in [0.15, 0.2) is 18.3 Å². The van der Waals surface area contributed by atoms with E-state index in [1.54, 1.807) is 0 Å². The Morgan fingerprint density at radius 1 is 1.20 bits per heavy atom. The summed E-state index contributed by atoms with van der Waals surface area (Å²) in [6.45, 7) is 0. The van der Waals surface area contributed by atoms with Gasteiger partial charge in [0.2, 0.25) is 0 Å². The van der Waals surface area contributed by atoms with E-state index in [0.717, 1.165) is 22.8 Å². The van der Waals surface area contributed by atoms with E-state index in [9.17, 15) is 0 Å². The van der Waals surface area contributed by atoms with E-state index in [4.69, 9.17) is 4.98 Å². The van der Waals surface area contributed by atoms with Gasteiger partial charge in [-0.25, -0.2) is 9.97 Å². The molecule has 106 valence electrons. The van der Waals surface area contributed by atoms with Crippen molar-refractivity contribution in [3.8, 4) is 0 Å². The van der Waals surface area contributed by atoms with Gasteiger partial charge in [-0.3, -0.25) is 0 Å². The second-order valence-electron chi connectivity index (χ2n) is 6.02. The molecule has 2 aliphatic rings. The smallest absolute Gasteiger partial charge is 0.160 e. The molecule has 20 heavy (non-hydrogen) atoms. The molecule has 1 atom stereocenters. The first-order chi connectivity index (χ1) is 9.92. The first-order valence-electron chi connectivity index (χ1n) is 7.85. The van der Waals surface area contributed by atoms with Crippen molar-refractivity contribution in [2.24, 2.45) is 0 Å². The predicted molar refractivity (Wildman–Crippen MR) is 84.2 cm³/mol. The van der Waals surface area contributed by atoms with Crippen LogP contribution in [-0.2, 0) is 6.42 Å². The number of imidazole rings is 1. The van der Waals surface area contributed by atoms with Crippen LogP contribution in [0.25, 0.3) is 11.2 Å². The summed E-state index contributed by atoms with van der Waals surface area (Å²) in [6, 6.07) is 4.75. The van der Waals surface area contributed by atoms with Gasteiger partial charge in [0.1, 0.15) is 11.3 Å². The maximum Gasteiger partial charge on any atom is 0.160 e. The predicted octanol–water partition coefficient (Wildman–Crippen LogP) is 3.98. The van der Waals surface area contributed by atoms with Crippen molar-refractivity contribution in [1.82, 2.24) is 14.5 Å². The number of fused-ring (bicyclic) bond motifs is 1. The standard InChI is InChI=1S/C16H21N3S/c1-2-6-12(5-1)19-15(11-13-7-4-10-20-13)18-14-8-3-9-17-16(14)19/h3,8-9,12-13H,1-2,4-7,10-11H2. The zero-order valence-electron chi connectivity index (χ0n) is 11.8. The number of hydrogen-bond donors (Lipinski definition) is 0. The maximum atomic E-state index is 4.91. The topological polar surface area (TPSA) is 30.7 Å². The van der Waals surface area contributed by atoms with E-state index in [2.05, 4.69) is 27.4 Å². The van der Waals surface area contributed by atoms with Crippen molar-refractivity contribution in [3.05, 3.63) is 24.2 Å². The van der Waals surface area contributed by atoms with Crippen molar-refractivity contribution in [1.29, 1.82) is 0 Å². The monoisotopic (exact) mass is 287 g/mol. The average Bonchev–Trinajstić information content (AvgIpc) is 3.18. The highest BCUT2D eigenvalue weighted by Gasteiger charge is 2.25. The molecule has 3 heterocycles. The van der Waals surface area contributed by atoms with Crippen molar-refractivity contribution < 1.29 is 0 Å². The Labute approximate surface area is 124 Å². The van der Waals surface area contributed by atoms with Crippen molar-refractivity contribution >= 4 is 22.9 Å². The van der Waals surface area contributed by atoms with Crippen LogP contribution in [-0.4, -0.2) is 25.5 Å². The van der Waals surface area contributed by atoms with E-state index < -0.39 is 0 Å². The normalized spacial score (nSPS) is 23.9. The fourth-order valence-corrected chi connectivity index (χ4v) is 4.94. The molecule has 4 rings (SSSR count). The SMILES string of the molecule is c1cnc2c(c1)nc(CC1CCCS1)n2C1CCCC1. The first kappa shape index (κ1) is 12.7. The second kappa shape index (κ2) is 5.40. The number of pyridine rings is 1. The Hall–Kier alpha value is -1.03. The zero-order chi connectivity index (χ0) is 13.4. The molecule has 1 unspecified atom stereocenters. The molecule has 4 heteroatoms. The van der Waals surface area contributed by atoms with E-state index in [1.165, 1.54) is 50.1 Å².